The van der Waals surface area contributed by atoms with Crippen LogP contribution < -0.4 is 5.32 Å². The third-order valence-corrected chi connectivity index (χ3v) is 3.62. The fraction of sp³-hybridized carbons (Fsp3) is 0.727. The summed E-state index contributed by atoms with van der Waals surface area (Å²) in [7, 11) is -1.67. The molecular formula is C11H19NO8S. The quantitative estimate of drug-likeness (QED) is 0.443. The van der Waals surface area contributed by atoms with Crippen molar-refractivity contribution < 1.29 is 36.5 Å². The van der Waals surface area contributed by atoms with Crippen molar-refractivity contribution in [1.29, 1.82) is 0 Å². The van der Waals surface area contributed by atoms with Gasteiger partial charge in [0.05, 0.1) is 26.4 Å². The third kappa shape index (κ3) is 7.61. The number of rotatable bonds is 8. The van der Waals surface area contributed by atoms with Gasteiger partial charge in [-0.2, -0.15) is 8.42 Å². The van der Waals surface area contributed by atoms with E-state index in [1.807, 2.05) is 0 Å². The Kier molecular flexibility index (Phi) is 7.89. The summed E-state index contributed by atoms with van der Waals surface area (Å²) in [5.41, 5.74) is 0. The molecule has 0 spiro atoms. The second-order valence-electron chi connectivity index (χ2n) is 4.07. The van der Waals surface area contributed by atoms with E-state index in [1.54, 1.807) is 0 Å². The van der Waals surface area contributed by atoms with Crippen molar-refractivity contribution in [1.82, 2.24) is 5.32 Å². The predicted octanol–water partition coefficient (Wildman–Crippen LogP) is -1.04. The Bertz CT molecular complexity index is 486. The number of carbonyl (C=O) groups is 3. The summed E-state index contributed by atoms with van der Waals surface area (Å²) in [6, 6.07) is -1.17. The van der Waals surface area contributed by atoms with Crippen molar-refractivity contribution in [2.24, 2.45) is 0 Å². The van der Waals surface area contributed by atoms with Crippen molar-refractivity contribution in [2.75, 3.05) is 20.0 Å². The van der Waals surface area contributed by atoms with E-state index in [0.29, 0.717) is 0 Å². The maximum absolute atomic E-state index is 11.5. The first-order chi connectivity index (χ1) is 9.62. The highest BCUT2D eigenvalue weighted by Gasteiger charge is 2.30. The molecule has 10 heteroatoms. The number of hydrogen-bond donors (Lipinski definition) is 1. The Balaban J connectivity index is 4.60. The van der Waals surface area contributed by atoms with E-state index in [-0.39, 0.29) is 0 Å². The van der Waals surface area contributed by atoms with Gasteiger partial charge in [0.2, 0.25) is 5.91 Å². The minimum atomic E-state index is -3.77. The van der Waals surface area contributed by atoms with Gasteiger partial charge < -0.3 is 14.8 Å². The third-order valence-electron chi connectivity index (χ3n) is 2.41. The van der Waals surface area contributed by atoms with Crippen LogP contribution in [0.4, 0.5) is 0 Å². The number of amides is 1. The number of ether oxygens (including phenoxy) is 2. The van der Waals surface area contributed by atoms with Gasteiger partial charge in [-0.1, -0.05) is 0 Å². The average Bonchev–Trinajstić information content (AvgIpc) is 2.41. The molecule has 0 bridgehead atoms. The molecule has 1 amide bonds. The molecule has 122 valence electrons. The number of nitrogens with one attached hydrogen (secondary N) is 1. The zero-order valence-corrected chi connectivity index (χ0v) is 13.1. The van der Waals surface area contributed by atoms with Crippen LogP contribution in [0.25, 0.3) is 0 Å². The highest BCUT2D eigenvalue weighted by Crippen LogP contribution is 2.05. The molecule has 2 atom stereocenters. The average molecular weight is 325 g/mol. The molecule has 2 unspecified atom stereocenters. The standard InChI is InChI=1S/C11H19NO8S/c1-7(10(11(15)18-3)12-8(2)13)20-9(14)5-6-21(16,17)19-4/h7,10H,5-6H2,1-4H3,(H,12,13). The normalized spacial score (nSPS) is 13.9. The Hall–Kier alpha value is -1.68. The van der Waals surface area contributed by atoms with Gasteiger partial charge in [-0.05, 0) is 6.92 Å². The molecule has 0 aromatic rings. The number of hydrogen-bond acceptors (Lipinski definition) is 8. The lowest BCUT2D eigenvalue weighted by Gasteiger charge is -2.22. The summed E-state index contributed by atoms with van der Waals surface area (Å²) < 4.78 is 35.7. The van der Waals surface area contributed by atoms with Crippen LogP contribution in [0.1, 0.15) is 20.3 Å². The van der Waals surface area contributed by atoms with E-state index in [4.69, 9.17) is 4.74 Å². The second-order valence-corrected chi connectivity index (χ2v) is 5.93. The van der Waals surface area contributed by atoms with Crippen molar-refractivity contribution in [3.8, 4) is 0 Å². The molecule has 0 saturated heterocycles. The summed E-state index contributed by atoms with van der Waals surface area (Å²) in [6.07, 6.45) is -1.45. The molecule has 0 aliphatic carbocycles. The fourth-order valence-corrected chi connectivity index (χ4v) is 1.92. The molecule has 0 heterocycles. The summed E-state index contributed by atoms with van der Waals surface area (Å²) in [6.45, 7) is 2.57. The molecule has 21 heavy (non-hydrogen) atoms. The zero-order chi connectivity index (χ0) is 16.6. The van der Waals surface area contributed by atoms with E-state index < -0.39 is 52.3 Å². The van der Waals surface area contributed by atoms with Gasteiger partial charge in [0.15, 0.2) is 6.04 Å². The minimum absolute atomic E-state index is 0.436. The van der Waals surface area contributed by atoms with Crippen molar-refractivity contribution >= 4 is 28.0 Å². The predicted molar refractivity (Wildman–Crippen MR) is 70.6 cm³/mol. The van der Waals surface area contributed by atoms with E-state index >= 15 is 0 Å². The van der Waals surface area contributed by atoms with E-state index in [2.05, 4.69) is 14.2 Å². The molecule has 0 aromatic heterocycles. The molecule has 0 fully saturated rings. The van der Waals surface area contributed by atoms with Crippen LogP contribution in [-0.4, -0.2) is 58.4 Å². The van der Waals surface area contributed by atoms with Crippen LogP contribution >= 0.6 is 0 Å². The monoisotopic (exact) mass is 325 g/mol. The first-order valence-corrected chi connectivity index (χ1v) is 7.53. The zero-order valence-electron chi connectivity index (χ0n) is 12.2. The Morgan fingerprint density at radius 2 is 1.76 bits per heavy atom. The van der Waals surface area contributed by atoms with Gasteiger partial charge in [0, 0.05) is 6.92 Å². The largest absolute Gasteiger partial charge is 0.467 e. The van der Waals surface area contributed by atoms with Gasteiger partial charge in [-0.15, -0.1) is 0 Å². The van der Waals surface area contributed by atoms with E-state index in [9.17, 15) is 22.8 Å². The summed E-state index contributed by atoms with van der Waals surface area (Å²) in [5, 5.41) is 2.29. The number of esters is 2. The lowest BCUT2D eigenvalue weighted by molar-refractivity contribution is -0.157. The maximum atomic E-state index is 11.5. The molecule has 1 N–H and O–H groups in total. The van der Waals surface area contributed by atoms with Crippen LogP contribution in [0.15, 0.2) is 0 Å². The van der Waals surface area contributed by atoms with Crippen LogP contribution in [0, 0.1) is 0 Å². The summed E-state index contributed by atoms with van der Waals surface area (Å²) in [4.78, 5) is 34.0. The van der Waals surface area contributed by atoms with Crippen LogP contribution in [0.3, 0.4) is 0 Å². The number of methoxy groups -OCH3 is 1. The van der Waals surface area contributed by atoms with Gasteiger partial charge in [-0.3, -0.25) is 13.8 Å². The molecular weight excluding hydrogens is 306 g/mol. The Labute approximate surface area is 123 Å². The molecule has 0 saturated carbocycles. The molecule has 0 aromatic carbocycles. The van der Waals surface area contributed by atoms with Gasteiger partial charge in [-0.25, -0.2) is 4.79 Å². The summed E-state index contributed by atoms with van der Waals surface area (Å²) >= 11 is 0. The van der Waals surface area contributed by atoms with Crippen molar-refractivity contribution in [3.05, 3.63) is 0 Å². The van der Waals surface area contributed by atoms with Crippen LogP contribution in [0.2, 0.25) is 0 Å². The molecule has 0 rings (SSSR count). The molecule has 0 aliphatic heterocycles. The highest BCUT2D eigenvalue weighted by molar-refractivity contribution is 7.86. The van der Waals surface area contributed by atoms with Crippen LogP contribution in [0.5, 0.6) is 0 Å². The van der Waals surface area contributed by atoms with Gasteiger partial charge in [0.1, 0.15) is 6.10 Å². The second kappa shape index (κ2) is 8.57. The number of carbonyl (C=O) groups excluding carboxylic acids is 3. The van der Waals surface area contributed by atoms with Crippen LogP contribution in [-0.2, 0) is 38.2 Å². The van der Waals surface area contributed by atoms with Gasteiger partial charge in [0.25, 0.3) is 10.1 Å². The Morgan fingerprint density at radius 3 is 2.19 bits per heavy atom. The first-order valence-electron chi connectivity index (χ1n) is 5.95. The molecule has 0 aliphatic rings. The maximum Gasteiger partial charge on any atom is 0.332 e. The first kappa shape index (κ1) is 19.3. The lowest BCUT2D eigenvalue weighted by Crippen LogP contribution is -2.49. The fourth-order valence-electron chi connectivity index (χ4n) is 1.34. The molecule has 0 radical (unpaired) electrons. The smallest absolute Gasteiger partial charge is 0.332 e. The highest BCUT2D eigenvalue weighted by atomic mass is 32.2. The lowest BCUT2D eigenvalue weighted by atomic mass is 10.2. The Morgan fingerprint density at radius 1 is 1.19 bits per heavy atom. The van der Waals surface area contributed by atoms with E-state index in [0.717, 1.165) is 14.2 Å². The molecule has 9 nitrogen and oxygen atoms in total. The minimum Gasteiger partial charge on any atom is -0.467 e. The topological polar surface area (TPSA) is 125 Å². The van der Waals surface area contributed by atoms with E-state index in [1.165, 1.54) is 13.8 Å². The van der Waals surface area contributed by atoms with Gasteiger partial charge >= 0.3 is 11.9 Å². The summed E-state index contributed by atoms with van der Waals surface area (Å²) in [5.74, 6) is -2.68. The van der Waals surface area contributed by atoms with Crippen molar-refractivity contribution in [2.45, 2.75) is 32.4 Å². The van der Waals surface area contributed by atoms with Crippen molar-refractivity contribution in [3.63, 3.8) is 0 Å². The SMILES string of the molecule is COC(=O)C(NC(C)=O)C(C)OC(=O)CCS(=O)(=O)OC.